The molecule has 2 amide bonds. The Morgan fingerprint density at radius 3 is 2.88 bits per heavy atom. The van der Waals surface area contributed by atoms with Crippen LogP contribution in [0.1, 0.15) is 24.5 Å². The van der Waals surface area contributed by atoms with E-state index in [2.05, 4.69) is 38.1 Å². The van der Waals surface area contributed by atoms with E-state index in [-0.39, 0.29) is 6.03 Å². The molecule has 2 heterocycles. The third-order valence-corrected chi connectivity index (χ3v) is 3.84. The van der Waals surface area contributed by atoms with Gasteiger partial charge in [-0.1, -0.05) is 19.1 Å². The van der Waals surface area contributed by atoms with E-state index >= 15 is 0 Å². The highest BCUT2D eigenvalue weighted by Gasteiger charge is 2.10. The highest BCUT2D eigenvalue weighted by atomic mass is 16.2. The van der Waals surface area contributed by atoms with E-state index in [0.29, 0.717) is 18.1 Å². The van der Waals surface area contributed by atoms with Crippen molar-refractivity contribution in [2.75, 3.05) is 5.32 Å². The summed E-state index contributed by atoms with van der Waals surface area (Å²) in [5.41, 5.74) is 3.40. The lowest BCUT2D eigenvalue weighted by Gasteiger charge is -2.10. The Hall–Kier alpha value is -3.23. The molecule has 9 nitrogen and oxygen atoms in total. The molecule has 0 saturated heterocycles. The molecule has 2 aromatic heterocycles. The Morgan fingerprint density at radius 1 is 1.31 bits per heavy atom. The number of aromatic nitrogens is 6. The molecule has 0 aliphatic carbocycles. The highest BCUT2D eigenvalue weighted by Crippen LogP contribution is 2.22. The zero-order valence-electron chi connectivity index (χ0n) is 15.1. The van der Waals surface area contributed by atoms with Crippen molar-refractivity contribution in [3.8, 4) is 11.4 Å². The number of carbonyl (C=O) groups is 1. The van der Waals surface area contributed by atoms with Gasteiger partial charge in [-0.05, 0) is 30.2 Å². The van der Waals surface area contributed by atoms with Crippen LogP contribution in [0.15, 0.2) is 30.6 Å². The molecule has 2 N–H and O–H groups in total. The van der Waals surface area contributed by atoms with Gasteiger partial charge >= 0.3 is 6.03 Å². The van der Waals surface area contributed by atoms with Crippen LogP contribution in [0.25, 0.3) is 11.4 Å². The van der Waals surface area contributed by atoms with Crippen LogP contribution in [-0.4, -0.2) is 36.0 Å². The van der Waals surface area contributed by atoms with Crippen LogP contribution in [0.3, 0.4) is 0 Å². The van der Waals surface area contributed by atoms with Crippen molar-refractivity contribution in [3.63, 3.8) is 0 Å². The third-order valence-electron chi connectivity index (χ3n) is 3.84. The molecule has 0 bridgehead atoms. The van der Waals surface area contributed by atoms with Gasteiger partial charge in [0.05, 0.1) is 13.2 Å². The average Bonchev–Trinajstić information content (AvgIpc) is 3.24. The average molecular weight is 354 g/mol. The van der Waals surface area contributed by atoms with Gasteiger partial charge in [0.15, 0.2) is 0 Å². The fourth-order valence-electron chi connectivity index (χ4n) is 2.49. The zero-order valence-corrected chi connectivity index (χ0v) is 15.1. The second-order valence-corrected chi connectivity index (χ2v) is 6.05. The highest BCUT2D eigenvalue weighted by molar-refractivity contribution is 5.90. The minimum atomic E-state index is -0.277. The summed E-state index contributed by atoms with van der Waals surface area (Å²) < 4.78 is 1.87. The molecule has 3 rings (SSSR count). The fraction of sp³-hybridized carbons (Fsp3) is 0.353. The molecule has 1 aromatic carbocycles. The monoisotopic (exact) mass is 354 g/mol. The van der Waals surface area contributed by atoms with Gasteiger partial charge in [-0.25, -0.2) is 4.79 Å². The lowest BCUT2D eigenvalue weighted by atomic mass is 10.1. The Balaban J connectivity index is 1.63. The number of amides is 2. The second-order valence-electron chi connectivity index (χ2n) is 6.05. The van der Waals surface area contributed by atoms with E-state index in [4.69, 9.17) is 0 Å². The maximum absolute atomic E-state index is 12.2. The molecule has 0 atom stereocenters. The van der Waals surface area contributed by atoms with Crippen molar-refractivity contribution in [3.05, 3.63) is 41.7 Å². The Labute approximate surface area is 151 Å². The van der Waals surface area contributed by atoms with Crippen LogP contribution in [0.5, 0.6) is 0 Å². The first kappa shape index (κ1) is 17.6. The van der Waals surface area contributed by atoms with E-state index < -0.39 is 0 Å². The molecule has 9 heteroatoms. The predicted molar refractivity (Wildman–Crippen MR) is 97.3 cm³/mol. The third kappa shape index (κ3) is 4.24. The SMILES string of the molecule is CCCn1cc(CNC(=O)Nc2cc(-c3nnn(C)n3)ccc2C)cn1. The Morgan fingerprint density at radius 2 is 2.15 bits per heavy atom. The van der Waals surface area contributed by atoms with Crippen LogP contribution in [-0.2, 0) is 20.1 Å². The molecule has 0 unspecified atom stereocenters. The molecule has 0 radical (unpaired) electrons. The number of hydrogen-bond acceptors (Lipinski definition) is 5. The summed E-state index contributed by atoms with van der Waals surface area (Å²) in [5, 5.41) is 22.0. The number of rotatable bonds is 6. The summed E-state index contributed by atoms with van der Waals surface area (Å²) in [7, 11) is 1.71. The Kier molecular flexibility index (Phi) is 5.26. The van der Waals surface area contributed by atoms with Crippen LogP contribution < -0.4 is 10.6 Å². The number of urea groups is 1. The molecule has 3 aromatic rings. The number of carbonyl (C=O) groups excluding carboxylic acids is 1. The van der Waals surface area contributed by atoms with Gasteiger partial charge in [0.2, 0.25) is 5.82 Å². The van der Waals surface area contributed by atoms with Crippen molar-refractivity contribution >= 4 is 11.7 Å². The lowest BCUT2D eigenvalue weighted by Crippen LogP contribution is -2.28. The van der Waals surface area contributed by atoms with Crippen LogP contribution in [0.2, 0.25) is 0 Å². The van der Waals surface area contributed by atoms with Crippen LogP contribution in [0, 0.1) is 6.92 Å². The molecule has 0 spiro atoms. The summed E-state index contributed by atoms with van der Waals surface area (Å²) in [6, 6.07) is 5.37. The number of nitrogens with zero attached hydrogens (tertiary/aromatic N) is 6. The van der Waals surface area contributed by atoms with Crippen molar-refractivity contribution in [1.29, 1.82) is 0 Å². The molecule has 0 fully saturated rings. The maximum Gasteiger partial charge on any atom is 0.319 e. The molecule has 0 saturated carbocycles. The van der Waals surface area contributed by atoms with Gasteiger partial charge in [-0.3, -0.25) is 4.68 Å². The van der Waals surface area contributed by atoms with Gasteiger partial charge in [-0.2, -0.15) is 9.90 Å². The van der Waals surface area contributed by atoms with Crippen molar-refractivity contribution < 1.29 is 4.79 Å². The smallest absolute Gasteiger partial charge is 0.319 e. The first-order valence-electron chi connectivity index (χ1n) is 8.46. The predicted octanol–water partition coefficient (Wildman–Crippen LogP) is 2.11. The van der Waals surface area contributed by atoms with E-state index in [1.165, 1.54) is 4.80 Å². The van der Waals surface area contributed by atoms with Gasteiger partial charge in [-0.15, -0.1) is 10.2 Å². The first-order chi connectivity index (χ1) is 12.5. The molecular weight excluding hydrogens is 332 g/mol. The minimum Gasteiger partial charge on any atom is -0.334 e. The number of nitrogens with one attached hydrogen (secondary N) is 2. The summed E-state index contributed by atoms with van der Waals surface area (Å²) in [5.74, 6) is 0.513. The Bertz CT molecular complexity index is 898. The summed E-state index contributed by atoms with van der Waals surface area (Å²) >= 11 is 0. The molecular formula is C17H22N8O. The van der Waals surface area contributed by atoms with Gasteiger partial charge < -0.3 is 10.6 Å². The van der Waals surface area contributed by atoms with Crippen molar-refractivity contribution in [2.24, 2.45) is 7.05 Å². The maximum atomic E-state index is 12.2. The minimum absolute atomic E-state index is 0.277. The van der Waals surface area contributed by atoms with Gasteiger partial charge in [0.25, 0.3) is 0 Å². The van der Waals surface area contributed by atoms with Crippen LogP contribution in [0.4, 0.5) is 10.5 Å². The normalized spacial score (nSPS) is 10.7. The van der Waals surface area contributed by atoms with E-state index in [1.54, 1.807) is 13.2 Å². The molecule has 136 valence electrons. The lowest BCUT2D eigenvalue weighted by molar-refractivity contribution is 0.251. The number of hydrogen-bond donors (Lipinski definition) is 2. The first-order valence-corrected chi connectivity index (χ1v) is 8.46. The fourth-order valence-corrected chi connectivity index (χ4v) is 2.49. The largest absolute Gasteiger partial charge is 0.334 e. The van der Waals surface area contributed by atoms with E-state index in [9.17, 15) is 4.79 Å². The van der Waals surface area contributed by atoms with Gasteiger partial charge in [0.1, 0.15) is 0 Å². The molecule has 0 aliphatic heterocycles. The number of benzene rings is 1. The molecule has 26 heavy (non-hydrogen) atoms. The number of anilines is 1. The summed E-state index contributed by atoms with van der Waals surface area (Å²) in [6.45, 7) is 5.31. The van der Waals surface area contributed by atoms with Gasteiger partial charge in [0, 0.05) is 36.1 Å². The van der Waals surface area contributed by atoms with Crippen molar-refractivity contribution in [1.82, 2.24) is 35.3 Å². The second kappa shape index (κ2) is 7.77. The summed E-state index contributed by atoms with van der Waals surface area (Å²) in [4.78, 5) is 13.6. The van der Waals surface area contributed by atoms with E-state index in [0.717, 1.165) is 29.7 Å². The standard InChI is InChI=1S/C17H22N8O/c1-4-7-25-11-13(10-19-25)9-18-17(26)20-15-8-14(6-5-12(15)2)16-21-23-24(3)22-16/h5-6,8,10-11H,4,7,9H2,1-3H3,(H2,18,20,26). The number of tetrazole rings is 1. The van der Waals surface area contributed by atoms with Crippen LogP contribution >= 0.6 is 0 Å². The number of aryl methyl sites for hydroxylation is 3. The topological polar surface area (TPSA) is 103 Å². The van der Waals surface area contributed by atoms with E-state index in [1.807, 2.05) is 36.0 Å². The summed E-state index contributed by atoms with van der Waals surface area (Å²) in [6.07, 6.45) is 4.72. The molecule has 0 aliphatic rings. The quantitative estimate of drug-likeness (QED) is 0.706. The van der Waals surface area contributed by atoms with Crippen molar-refractivity contribution in [2.45, 2.75) is 33.4 Å². The zero-order chi connectivity index (χ0) is 18.5.